The van der Waals surface area contributed by atoms with E-state index >= 15 is 0 Å². The van der Waals surface area contributed by atoms with Crippen LogP contribution in [0.15, 0.2) is 10.5 Å². The molecule has 2 amide bonds. The van der Waals surface area contributed by atoms with E-state index in [1.807, 2.05) is 13.0 Å². The molecule has 2 aliphatic rings. The zero-order valence-corrected chi connectivity index (χ0v) is 16.8. The number of hydrogen-bond donors (Lipinski definition) is 2. The van der Waals surface area contributed by atoms with Crippen LogP contribution in [-0.2, 0) is 16.4 Å². The van der Waals surface area contributed by atoms with E-state index in [9.17, 15) is 13.2 Å². The first-order chi connectivity index (χ1) is 12.0. The molecule has 8 heteroatoms. The number of hydrogen-bond acceptors (Lipinski definition) is 4. The molecule has 1 fully saturated rings. The van der Waals surface area contributed by atoms with Crippen LogP contribution in [0.3, 0.4) is 0 Å². The van der Waals surface area contributed by atoms with E-state index in [-0.39, 0.29) is 23.5 Å². The fourth-order valence-electron chi connectivity index (χ4n) is 4.06. The van der Waals surface area contributed by atoms with Crippen LogP contribution >= 0.6 is 0 Å². The average Bonchev–Trinajstić information content (AvgIpc) is 2.85. The topological polar surface area (TPSA) is 91.7 Å². The lowest BCUT2D eigenvalue weighted by Crippen LogP contribution is -2.52. The van der Waals surface area contributed by atoms with E-state index < -0.39 is 10.0 Å². The summed E-state index contributed by atoms with van der Waals surface area (Å²) in [4.78, 5) is 12.5. The summed E-state index contributed by atoms with van der Waals surface area (Å²) in [5.74, 6) is 1.81. The average molecular weight is 384 g/mol. The van der Waals surface area contributed by atoms with Gasteiger partial charge in [0.25, 0.3) is 0 Å². The number of furan rings is 1. The minimum atomic E-state index is -3.23. The summed E-state index contributed by atoms with van der Waals surface area (Å²) >= 11 is 0. The van der Waals surface area contributed by atoms with Gasteiger partial charge in [0, 0.05) is 31.1 Å². The zero-order chi connectivity index (χ0) is 19.1. The maximum Gasteiger partial charge on any atom is 0.315 e. The standard InChI is InChI=1S/C18H29N3O4S/c1-12-8-14-15(9-18(2,3)10-16(14)25-12)20-17(22)19-13-6-5-7-21(11-13)26(4,23)24/h8,13,15H,5-7,9-11H2,1-4H3,(H2,19,20,22)/t13-,15-/m0/s1. The third-order valence-electron chi connectivity index (χ3n) is 5.23. The molecule has 26 heavy (non-hydrogen) atoms. The van der Waals surface area contributed by atoms with Crippen LogP contribution < -0.4 is 10.6 Å². The predicted molar refractivity (Wildman–Crippen MR) is 99.4 cm³/mol. The minimum absolute atomic E-state index is 0.0488. The van der Waals surface area contributed by atoms with Crippen LogP contribution in [0.2, 0.25) is 0 Å². The molecule has 0 spiro atoms. The van der Waals surface area contributed by atoms with Crippen LogP contribution in [0.5, 0.6) is 0 Å². The smallest absolute Gasteiger partial charge is 0.315 e. The van der Waals surface area contributed by atoms with Crippen molar-refractivity contribution in [1.82, 2.24) is 14.9 Å². The van der Waals surface area contributed by atoms with Gasteiger partial charge < -0.3 is 15.1 Å². The van der Waals surface area contributed by atoms with Gasteiger partial charge in [-0.2, -0.15) is 0 Å². The van der Waals surface area contributed by atoms with E-state index in [1.165, 1.54) is 10.6 Å². The highest BCUT2D eigenvalue weighted by molar-refractivity contribution is 7.88. The highest BCUT2D eigenvalue weighted by Gasteiger charge is 2.36. The molecule has 1 aromatic heterocycles. The highest BCUT2D eigenvalue weighted by atomic mass is 32.2. The summed E-state index contributed by atoms with van der Waals surface area (Å²) in [6.45, 7) is 7.12. The lowest BCUT2D eigenvalue weighted by molar-refractivity contribution is 0.205. The second-order valence-corrected chi connectivity index (χ2v) is 10.4. The van der Waals surface area contributed by atoms with Crippen LogP contribution in [0, 0.1) is 12.3 Å². The van der Waals surface area contributed by atoms with Gasteiger partial charge >= 0.3 is 6.03 Å². The first-order valence-corrected chi connectivity index (χ1v) is 11.0. The number of carbonyl (C=O) groups is 1. The Morgan fingerprint density at radius 2 is 2.08 bits per heavy atom. The summed E-state index contributed by atoms with van der Waals surface area (Å²) < 4.78 is 30.7. The number of carbonyl (C=O) groups excluding carboxylic acids is 1. The quantitative estimate of drug-likeness (QED) is 0.838. The second-order valence-electron chi connectivity index (χ2n) is 8.41. The van der Waals surface area contributed by atoms with E-state index in [4.69, 9.17) is 4.42 Å². The SMILES string of the molecule is Cc1cc2c(o1)CC(C)(C)C[C@@H]2NC(=O)N[C@H]1CCCN(S(C)(=O)=O)C1. The Bertz CT molecular complexity index is 784. The molecule has 3 rings (SSSR count). The molecule has 1 aliphatic carbocycles. The number of sulfonamides is 1. The first-order valence-electron chi connectivity index (χ1n) is 9.15. The van der Waals surface area contributed by atoms with Crippen molar-refractivity contribution in [1.29, 1.82) is 0 Å². The van der Waals surface area contributed by atoms with Gasteiger partial charge in [-0.1, -0.05) is 13.8 Å². The largest absolute Gasteiger partial charge is 0.466 e. The van der Waals surface area contributed by atoms with Crippen LogP contribution in [0.25, 0.3) is 0 Å². The molecule has 146 valence electrons. The molecule has 1 aromatic rings. The lowest BCUT2D eigenvalue weighted by atomic mass is 9.75. The summed E-state index contributed by atoms with van der Waals surface area (Å²) in [7, 11) is -3.23. The van der Waals surface area contributed by atoms with Gasteiger partial charge in [0.1, 0.15) is 11.5 Å². The number of rotatable bonds is 3. The van der Waals surface area contributed by atoms with Crippen molar-refractivity contribution >= 4 is 16.1 Å². The molecule has 1 saturated heterocycles. The Hall–Kier alpha value is -1.54. The number of nitrogens with one attached hydrogen (secondary N) is 2. The van der Waals surface area contributed by atoms with E-state index in [0.29, 0.717) is 13.1 Å². The maximum absolute atomic E-state index is 12.5. The number of amides is 2. The Morgan fingerprint density at radius 3 is 2.77 bits per heavy atom. The first kappa shape index (κ1) is 19.2. The molecule has 0 aromatic carbocycles. The molecule has 0 saturated carbocycles. The highest BCUT2D eigenvalue weighted by Crippen LogP contribution is 2.41. The third-order valence-corrected chi connectivity index (χ3v) is 6.50. The Morgan fingerprint density at radius 1 is 1.35 bits per heavy atom. The summed E-state index contributed by atoms with van der Waals surface area (Å²) in [5, 5.41) is 6.01. The van der Waals surface area contributed by atoms with Crippen molar-refractivity contribution in [3.63, 3.8) is 0 Å². The molecular formula is C18H29N3O4S. The van der Waals surface area contributed by atoms with Crippen LogP contribution in [-0.4, -0.2) is 44.1 Å². The number of nitrogens with zero attached hydrogens (tertiary/aromatic N) is 1. The van der Waals surface area contributed by atoms with Crippen molar-refractivity contribution in [3.05, 3.63) is 23.2 Å². The van der Waals surface area contributed by atoms with Crippen molar-refractivity contribution < 1.29 is 17.6 Å². The van der Waals surface area contributed by atoms with Gasteiger partial charge in [0.2, 0.25) is 10.0 Å². The number of urea groups is 1. The van der Waals surface area contributed by atoms with E-state index in [0.717, 1.165) is 42.8 Å². The fourth-order valence-corrected chi connectivity index (χ4v) is 4.97. The van der Waals surface area contributed by atoms with Crippen molar-refractivity contribution in [2.75, 3.05) is 19.3 Å². The molecular weight excluding hydrogens is 354 g/mol. The molecule has 1 aliphatic heterocycles. The Balaban J connectivity index is 1.65. The third kappa shape index (κ3) is 4.40. The summed E-state index contributed by atoms with van der Waals surface area (Å²) in [5.41, 5.74) is 1.10. The maximum atomic E-state index is 12.5. The Labute approximate surface area is 155 Å². The molecule has 0 unspecified atom stereocenters. The van der Waals surface area contributed by atoms with Crippen LogP contribution in [0.4, 0.5) is 4.79 Å². The summed E-state index contributed by atoms with van der Waals surface area (Å²) in [6.07, 6.45) is 4.45. The van der Waals surface area contributed by atoms with Gasteiger partial charge in [-0.05, 0) is 37.7 Å². The van der Waals surface area contributed by atoms with Gasteiger partial charge in [-0.15, -0.1) is 0 Å². The van der Waals surface area contributed by atoms with Gasteiger partial charge in [-0.25, -0.2) is 17.5 Å². The fraction of sp³-hybridized carbons (Fsp3) is 0.722. The number of piperidine rings is 1. The number of aryl methyl sites for hydroxylation is 1. The van der Waals surface area contributed by atoms with Gasteiger partial charge in [-0.3, -0.25) is 0 Å². The van der Waals surface area contributed by atoms with Crippen molar-refractivity contribution in [2.24, 2.45) is 5.41 Å². The molecule has 2 N–H and O–H groups in total. The zero-order valence-electron chi connectivity index (χ0n) is 16.0. The second kappa shape index (κ2) is 6.88. The lowest BCUT2D eigenvalue weighted by Gasteiger charge is -2.35. The van der Waals surface area contributed by atoms with E-state index in [1.54, 1.807) is 0 Å². The molecule has 7 nitrogen and oxygen atoms in total. The summed E-state index contributed by atoms with van der Waals surface area (Å²) in [6, 6.07) is 1.49. The van der Waals surface area contributed by atoms with E-state index in [2.05, 4.69) is 24.5 Å². The molecule has 0 radical (unpaired) electrons. The number of fused-ring (bicyclic) bond motifs is 1. The van der Waals surface area contributed by atoms with Gasteiger partial charge in [0.15, 0.2) is 0 Å². The molecule has 2 atom stereocenters. The van der Waals surface area contributed by atoms with Gasteiger partial charge in [0.05, 0.1) is 12.3 Å². The van der Waals surface area contributed by atoms with Crippen LogP contribution in [0.1, 0.15) is 56.2 Å². The molecule has 0 bridgehead atoms. The monoisotopic (exact) mass is 383 g/mol. The Kier molecular flexibility index (Phi) is 5.09. The van der Waals surface area contributed by atoms with Crippen molar-refractivity contribution in [3.8, 4) is 0 Å². The normalized spacial score (nSPS) is 26.2. The molecule has 2 heterocycles. The minimum Gasteiger partial charge on any atom is -0.466 e. The van der Waals surface area contributed by atoms with Crippen molar-refractivity contribution in [2.45, 2.75) is 58.5 Å². The predicted octanol–water partition coefficient (Wildman–Crippen LogP) is 2.32.